The van der Waals surface area contributed by atoms with Gasteiger partial charge in [0.25, 0.3) is 0 Å². The van der Waals surface area contributed by atoms with E-state index in [2.05, 4.69) is 28.5 Å². The molecule has 1 aliphatic rings. The number of rotatable bonds is 3. The number of fused-ring (bicyclic) bond motifs is 1. The van der Waals surface area contributed by atoms with Crippen molar-refractivity contribution in [3.05, 3.63) is 53.2 Å². The average molecular weight is 268 g/mol. The zero-order valence-corrected chi connectivity index (χ0v) is 11.1. The molecular formula is C16H16N2O2. The maximum atomic E-state index is 10.8. The van der Waals surface area contributed by atoms with Gasteiger partial charge in [-0.25, -0.2) is 9.78 Å². The van der Waals surface area contributed by atoms with Crippen LogP contribution < -0.4 is 5.32 Å². The Morgan fingerprint density at radius 1 is 1.15 bits per heavy atom. The van der Waals surface area contributed by atoms with Crippen LogP contribution in [0.3, 0.4) is 0 Å². The minimum atomic E-state index is -0.957. The predicted octanol–water partition coefficient (Wildman–Crippen LogP) is 3.40. The number of carboxylic acid groups (broad SMARTS) is 1. The van der Waals surface area contributed by atoms with Gasteiger partial charge in [0.2, 0.25) is 0 Å². The second kappa shape index (κ2) is 5.33. The third kappa shape index (κ3) is 2.50. The largest absolute Gasteiger partial charge is 0.478 e. The number of carbonyl (C=O) groups is 1. The van der Waals surface area contributed by atoms with E-state index < -0.39 is 5.97 Å². The van der Waals surface area contributed by atoms with Crippen LogP contribution in [0.2, 0.25) is 0 Å². The lowest BCUT2D eigenvalue weighted by Crippen LogP contribution is -2.07. The van der Waals surface area contributed by atoms with Crippen molar-refractivity contribution in [2.75, 3.05) is 5.32 Å². The van der Waals surface area contributed by atoms with Crippen LogP contribution in [0.1, 0.15) is 34.3 Å². The van der Waals surface area contributed by atoms with E-state index in [0.717, 1.165) is 18.5 Å². The highest BCUT2D eigenvalue weighted by Crippen LogP contribution is 2.29. The Labute approximate surface area is 117 Å². The highest BCUT2D eigenvalue weighted by molar-refractivity contribution is 5.87. The van der Waals surface area contributed by atoms with E-state index >= 15 is 0 Å². The van der Waals surface area contributed by atoms with E-state index in [1.165, 1.54) is 30.2 Å². The van der Waals surface area contributed by atoms with Crippen molar-refractivity contribution in [3.8, 4) is 0 Å². The lowest BCUT2D eigenvalue weighted by Gasteiger charge is -2.19. The number of anilines is 2. The Balaban J connectivity index is 1.86. The summed E-state index contributed by atoms with van der Waals surface area (Å²) in [6, 6.07) is 9.55. The molecular weight excluding hydrogens is 252 g/mol. The fourth-order valence-corrected chi connectivity index (χ4v) is 2.63. The maximum absolute atomic E-state index is 10.8. The van der Waals surface area contributed by atoms with E-state index in [1.54, 1.807) is 12.1 Å². The van der Waals surface area contributed by atoms with Gasteiger partial charge < -0.3 is 10.4 Å². The molecule has 2 aromatic rings. The summed E-state index contributed by atoms with van der Waals surface area (Å²) in [4.78, 5) is 15.0. The SMILES string of the molecule is O=C(O)c1ccc(Nc2cccc3c2CCCC3)nc1. The molecule has 0 aliphatic heterocycles. The smallest absolute Gasteiger partial charge is 0.337 e. The van der Waals surface area contributed by atoms with Gasteiger partial charge in [-0.1, -0.05) is 12.1 Å². The van der Waals surface area contributed by atoms with Crippen LogP contribution in [0.5, 0.6) is 0 Å². The van der Waals surface area contributed by atoms with Crippen LogP contribution in [-0.2, 0) is 12.8 Å². The molecule has 1 aliphatic carbocycles. The minimum Gasteiger partial charge on any atom is -0.478 e. The molecule has 1 heterocycles. The van der Waals surface area contributed by atoms with Crippen LogP contribution in [0.4, 0.5) is 11.5 Å². The van der Waals surface area contributed by atoms with Crippen LogP contribution in [-0.4, -0.2) is 16.1 Å². The molecule has 0 fully saturated rings. The predicted molar refractivity (Wildman–Crippen MR) is 77.6 cm³/mol. The summed E-state index contributed by atoms with van der Waals surface area (Å²) in [5.41, 5.74) is 4.05. The number of nitrogens with one attached hydrogen (secondary N) is 1. The summed E-state index contributed by atoms with van der Waals surface area (Å²) >= 11 is 0. The van der Waals surface area contributed by atoms with E-state index in [1.807, 2.05) is 0 Å². The van der Waals surface area contributed by atoms with Gasteiger partial charge in [-0.2, -0.15) is 0 Å². The Kier molecular flexibility index (Phi) is 3.37. The van der Waals surface area contributed by atoms with Gasteiger partial charge in [-0.3, -0.25) is 0 Å². The summed E-state index contributed by atoms with van der Waals surface area (Å²) < 4.78 is 0. The Hall–Kier alpha value is -2.36. The maximum Gasteiger partial charge on any atom is 0.337 e. The number of pyridine rings is 1. The van der Waals surface area contributed by atoms with Gasteiger partial charge in [-0.15, -0.1) is 0 Å². The second-order valence-corrected chi connectivity index (χ2v) is 5.01. The highest BCUT2D eigenvalue weighted by atomic mass is 16.4. The van der Waals surface area contributed by atoms with Crippen LogP contribution in [0.15, 0.2) is 36.5 Å². The summed E-state index contributed by atoms with van der Waals surface area (Å²) in [6.45, 7) is 0. The molecule has 102 valence electrons. The summed E-state index contributed by atoms with van der Waals surface area (Å²) in [7, 11) is 0. The van der Waals surface area contributed by atoms with E-state index in [4.69, 9.17) is 5.11 Å². The van der Waals surface area contributed by atoms with E-state index in [0.29, 0.717) is 5.82 Å². The second-order valence-electron chi connectivity index (χ2n) is 5.01. The van der Waals surface area contributed by atoms with Crippen molar-refractivity contribution in [1.29, 1.82) is 0 Å². The molecule has 1 aromatic carbocycles. The van der Waals surface area contributed by atoms with Gasteiger partial charge >= 0.3 is 5.97 Å². The molecule has 0 spiro atoms. The summed E-state index contributed by atoms with van der Waals surface area (Å²) in [5.74, 6) is -0.282. The van der Waals surface area contributed by atoms with Crippen molar-refractivity contribution >= 4 is 17.5 Å². The molecule has 2 N–H and O–H groups in total. The van der Waals surface area contributed by atoms with Gasteiger partial charge in [0, 0.05) is 11.9 Å². The number of aromatic nitrogens is 1. The Bertz CT molecular complexity index is 635. The molecule has 0 saturated heterocycles. The molecule has 0 unspecified atom stereocenters. The fraction of sp³-hybridized carbons (Fsp3) is 0.250. The quantitative estimate of drug-likeness (QED) is 0.895. The van der Waals surface area contributed by atoms with E-state index in [-0.39, 0.29) is 5.56 Å². The number of aromatic carboxylic acids is 1. The molecule has 3 rings (SSSR count). The van der Waals surface area contributed by atoms with Crippen molar-refractivity contribution in [2.45, 2.75) is 25.7 Å². The number of benzene rings is 1. The van der Waals surface area contributed by atoms with Crippen molar-refractivity contribution in [3.63, 3.8) is 0 Å². The Morgan fingerprint density at radius 3 is 2.75 bits per heavy atom. The first-order valence-electron chi connectivity index (χ1n) is 6.81. The monoisotopic (exact) mass is 268 g/mol. The van der Waals surface area contributed by atoms with Crippen LogP contribution in [0, 0.1) is 0 Å². The summed E-state index contributed by atoms with van der Waals surface area (Å²) in [6.07, 6.45) is 6.07. The first-order valence-corrected chi connectivity index (χ1v) is 6.81. The van der Waals surface area contributed by atoms with Gasteiger partial charge in [0.1, 0.15) is 5.82 Å². The summed E-state index contributed by atoms with van der Waals surface area (Å²) in [5, 5.41) is 12.2. The first-order chi connectivity index (χ1) is 9.74. The third-order valence-electron chi connectivity index (χ3n) is 3.67. The molecule has 0 amide bonds. The lowest BCUT2D eigenvalue weighted by molar-refractivity contribution is 0.0696. The molecule has 0 radical (unpaired) electrons. The molecule has 4 heteroatoms. The molecule has 0 atom stereocenters. The van der Waals surface area contributed by atoms with E-state index in [9.17, 15) is 4.79 Å². The number of hydrogen-bond donors (Lipinski definition) is 2. The topological polar surface area (TPSA) is 62.2 Å². The fourth-order valence-electron chi connectivity index (χ4n) is 2.63. The van der Waals surface area contributed by atoms with Gasteiger partial charge in [0.05, 0.1) is 5.56 Å². The number of aryl methyl sites for hydroxylation is 1. The molecule has 0 saturated carbocycles. The van der Waals surface area contributed by atoms with Crippen molar-refractivity contribution in [1.82, 2.24) is 4.98 Å². The first kappa shape index (κ1) is 12.7. The van der Waals surface area contributed by atoms with Gasteiger partial charge in [0.15, 0.2) is 0 Å². The van der Waals surface area contributed by atoms with Crippen molar-refractivity contribution < 1.29 is 9.90 Å². The number of nitrogens with zero attached hydrogens (tertiary/aromatic N) is 1. The molecule has 20 heavy (non-hydrogen) atoms. The average Bonchev–Trinajstić information content (AvgIpc) is 2.48. The third-order valence-corrected chi connectivity index (χ3v) is 3.67. The molecule has 0 bridgehead atoms. The number of hydrogen-bond acceptors (Lipinski definition) is 3. The van der Waals surface area contributed by atoms with Gasteiger partial charge in [-0.05, 0) is 55.0 Å². The standard InChI is InChI=1S/C16H16N2O2/c19-16(20)12-8-9-15(17-10-12)18-14-7-3-5-11-4-1-2-6-13(11)14/h3,5,7-10H,1-2,4,6H2,(H,17,18)(H,19,20). The normalized spacial score (nSPS) is 13.6. The Morgan fingerprint density at radius 2 is 2.00 bits per heavy atom. The lowest BCUT2D eigenvalue weighted by atomic mass is 9.90. The number of carboxylic acids is 1. The zero-order valence-electron chi connectivity index (χ0n) is 11.1. The van der Waals surface area contributed by atoms with Crippen LogP contribution in [0.25, 0.3) is 0 Å². The van der Waals surface area contributed by atoms with Crippen molar-refractivity contribution in [2.24, 2.45) is 0 Å². The van der Waals surface area contributed by atoms with Crippen LogP contribution >= 0.6 is 0 Å². The zero-order chi connectivity index (χ0) is 13.9. The minimum absolute atomic E-state index is 0.200. The highest BCUT2D eigenvalue weighted by Gasteiger charge is 2.13. The molecule has 1 aromatic heterocycles. The molecule has 4 nitrogen and oxygen atoms in total.